The summed E-state index contributed by atoms with van der Waals surface area (Å²) in [7, 11) is 0. The smallest absolute Gasteiger partial charge is 0.234 e. The van der Waals surface area contributed by atoms with Crippen molar-refractivity contribution in [3.05, 3.63) is 70.6 Å². The van der Waals surface area contributed by atoms with Crippen LogP contribution in [0.3, 0.4) is 0 Å². The Hall–Kier alpha value is -2.90. The lowest BCUT2D eigenvalue weighted by Gasteiger charge is -2.08. The first-order chi connectivity index (χ1) is 14.4. The van der Waals surface area contributed by atoms with Crippen LogP contribution in [0.4, 0.5) is 5.69 Å². The third-order valence-corrected chi connectivity index (χ3v) is 6.12. The lowest BCUT2D eigenvalue weighted by molar-refractivity contribution is -0.113. The number of halogens is 1. The van der Waals surface area contributed by atoms with Gasteiger partial charge in [-0.1, -0.05) is 47.1 Å². The highest BCUT2D eigenvalue weighted by molar-refractivity contribution is 8.00. The van der Waals surface area contributed by atoms with Gasteiger partial charge < -0.3 is 5.32 Å². The minimum absolute atomic E-state index is 0.131. The number of rotatable bonds is 5. The molecule has 0 atom stereocenters. The fourth-order valence-corrected chi connectivity index (χ4v) is 4.10. The second-order valence-corrected chi connectivity index (χ2v) is 8.43. The Kier molecular flexibility index (Phi) is 5.74. The summed E-state index contributed by atoms with van der Waals surface area (Å²) < 4.78 is 1.81. The van der Waals surface area contributed by atoms with Crippen molar-refractivity contribution < 1.29 is 4.79 Å². The molecule has 30 heavy (non-hydrogen) atoms. The summed E-state index contributed by atoms with van der Waals surface area (Å²) in [5, 5.41) is 9.53. The number of hydrogen-bond donors (Lipinski definition) is 1. The first-order valence-corrected chi connectivity index (χ1v) is 10.7. The van der Waals surface area contributed by atoms with Crippen LogP contribution in [0.15, 0.2) is 53.9 Å². The van der Waals surface area contributed by atoms with Gasteiger partial charge in [0.05, 0.1) is 23.0 Å². The Bertz CT molecular complexity index is 1250. The average Bonchev–Trinajstić information content (AvgIpc) is 3.14. The molecule has 0 spiro atoms. The number of aryl methyl sites for hydroxylation is 3. The second kappa shape index (κ2) is 8.45. The van der Waals surface area contributed by atoms with Crippen LogP contribution in [0, 0.1) is 20.8 Å². The summed E-state index contributed by atoms with van der Waals surface area (Å²) in [6.45, 7) is 6.03. The van der Waals surface area contributed by atoms with Gasteiger partial charge in [-0.3, -0.25) is 4.79 Å². The molecule has 4 rings (SSSR count). The van der Waals surface area contributed by atoms with Gasteiger partial charge in [0, 0.05) is 10.7 Å². The third kappa shape index (κ3) is 4.17. The molecule has 0 radical (unpaired) electrons. The van der Waals surface area contributed by atoms with Crippen molar-refractivity contribution in [2.75, 3.05) is 11.1 Å². The van der Waals surface area contributed by atoms with E-state index in [2.05, 4.69) is 33.4 Å². The molecule has 0 aliphatic rings. The standard InChI is InChI=1S/C22H20ClN5OS/c1-13-4-7-19(15(3)8-13)28-21-17(10-26-28)22(25-12-24-21)30-11-20(29)27-16-6-5-14(2)18(23)9-16/h4-10,12H,11H2,1-3H3,(H,27,29). The zero-order valence-corrected chi connectivity index (χ0v) is 18.4. The molecule has 0 saturated heterocycles. The van der Waals surface area contributed by atoms with E-state index in [1.165, 1.54) is 23.7 Å². The van der Waals surface area contributed by atoms with Crippen molar-refractivity contribution in [2.24, 2.45) is 0 Å². The number of carbonyl (C=O) groups is 1. The lowest BCUT2D eigenvalue weighted by atomic mass is 10.1. The lowest BCUT2D eigenvalue weighted by Crippen LogP contribution is -2.14. The molecular formula is C22H20ClN5OS. The van der Waals surface area contributed by atoms with E-state index < -0.39 is 0 Å². The van der Waals surface area contributed by atoms with Crippen LogP contribution in [-0.4, -0.2) is 31.4 Å². The van der Waals surface area contributed by atoms with Crippen LogP contribution in [0.2, 0.25) is 5.02 Å². The molecule has 1 amide bonds. The largest absolute Gasteiger partial charge is 0.325 e. The van der Waals surface area contributed by atoms with Gasteiger partial charge in [0.25, 0.3) is 0 Å². The predicted molar refractivity (Wildman–Crippen MR) is 122 cm³/mol. The summed E-state index contributed by atoms with van der Waals surface area (Å²) in [5.74, 6) is 0.0836. The van der Waals surface area contributed by atoms with Crippen LogP contribution >= 0.6 is 23.4 Å². The maximum absolute atomic E-state index is 12.4. The van der Waals surface area contributed by atoms with E-state index in [0.29, 0.717) is 21.4 Å². The summed E-state index contributed by atoms with van der Waals surface area (Å²) in [5.41, 5.74) is 5.63. The first-order valence-electron chi connectivity index (χ1n) is 9.37. The molecule has 152 valence electrons. The van der Waals surface area contributed by atoms with E-state index in [-0.39, 0.29) is 11.7 Å². The van der Waals surface area contributed by atoms with Crippen molar-refractivity contribution >= 4 is 46.0 Å². The average molecular weight is 438 g/mol. The van der Waals surface area contributed by atoms with Crippen molar-refractivity contribution in [3.63, 3.8) is 0 Å². The molecular weight excluding hydrogens is 418 g/mol. The van der Waals surface area contributed by atoms with Crippen molar-refractivity contribution in [3.8, 4) is 5.69 Å². The van der Waals surface area contributed by atoms with Gasteiger partial charge in [0.1, 0.15) is 11.4 Å². The number of anilines is 1. The highest BCUT2D eigenvalue weighted by atomic mass is 35.5. The van der Waals surface area contributed by atoms with Gasteiger partial charge in [-0.15, -0.1) is 0 Å². The maximum atomic E-state index is 12.4. The third-order valence-electron chi connectivity index (χ3n) is 4.71. The molecule has 0 aliphatic carbocycles. The number of fused-ring (bicyclic) bond motifs is 1. The number of nitrogens with one attached hydrogen (secondary N) is 1. The molecule has 0 bridgehead atoms. The van der Waals surface area contributed by atoms with Crippen molar-refractivity contribution in [2.45, 2.75) is 25.8 Å². The van der Waals surface area contributed by atoms with Gasteiger partial charge in [-0.25, -0.2) is 14.6 Å². The molecule has 6 nitrogen and oxygen atoms in total. The fraction of sp³-hybridized carbons (Fsp3) is 0.182. The SMILES string of the molecule is Cc1ccc(-n2ncc3c(SCC(=O)Nc4ccc(C)c(Cl)c4)ncnc32)c(C)c1. The normalized spacial score (nSPS) is 11.1. The van der Waals surface area contributed by atoms with Crippen LogP contribution in [0.25, 0.3) is 16.7 Å². The van der Waals surface area contributed by atoms with Gasteiger partial charge in [-0.2, -0.15) is 5.10 Å². The maximum Gasteiger partial charge on any atom is 0.234 e. The number of aromatic nitrogens is 4. The van der Waals surface area contributed by atoms with Gasteiger partial charge in [-0.05, 0) is 50.1 Å². The summed E-state index contributed by atoms with van der Waals surface area (Å²) in [6, 6.07) is 11.7. The minimum Gasteiger partial charge on any atom is -0.325 e. The molecule has 2 aromatic heterocycles. The number of nitrogens with zero attached hydrogens (tertiary/aromatic N) is 4. The van der Waals surface area contributed by atoms with Gasteiger partial charge in [0.15, 0.2) is 5.65 Å². The zero-order chi connectivity index (χ0) is 21.3. The molecule has 0 saturated carbocycles. The van der Waals surface area contributed by atoms with E-state index in [9.17, 15) is 4.79 Å². The molecule has 1 N–H and O–H groups in total. The van der Waals surface area contributed by atoms with Crippen LogP contribution in [-0.2, 0) is 4.79 Å². The Morgan fingerprint density at radius 3 is 2.70 bits per heavy atom. The minimum atomic E-state index is -0.131. The molecule has 2 aromatic carbocycles. The molecule has 0 aliphatic heterocycles. The number of carbonyl (C=O) groups excluding carboxylic acids is 1. The number of thioether (sulfide) groups is 1. The highest BCUT2D eigenvalue weighted by Crippen LogP contribution is 2.27. The van der Waals surface area contributed by atoms with Crippen molar-refractivity contribution in [1.82, 2.24) is 19.7 Å². The van der Waals surface area contributed by atoms with E-state index >= 15 is 0 Å². The molecule has 8 heteroatoms. The van der Waals surface area contributed by atoms with Crippen molar-refractivity contribution in [1.29, 1.82) is 0 Å². The van der Waals surface area contributed by atoms with Gasteiger partial charge in [0.2, 0.25) is 5.91 Å². The number of benzene rings is 2. The summed E-state index contributed by atoms with van der Waals surface area (Å²) >= 11 is 7.48. The first kappa shape index (κ1) is 20.4. The molecule has 4 aromatic rings. The second-order valence-electron chi connectivity index (χ2n) is 7.06. The van der Waals surface area contributed by atoms with E-state index in [1.807, 2.05) is 42.8 Å². The summed E-state index contributed by atoms with van der Waals surface area (Å²) in [4.78, 5) is 21.1. The Morgan fingerprint density at radius 2 is 1.93 bits per heavy atom. The Morgan fingerprint density at radius 1 is 1.10 bits per heavy atom. The predicted octanol–water partition coefficient (Wildman–Crippen LogP) is 5.12. The zero-order valence-electron chi connectivity index (χ0n) is 16.8. The van der Waals surface area contributed by atoms with Gasteiger partial charge >= 0.3 is 0 Å². The fourth-order valence-electron chi connectivity index (χ4n) is 3.16. The monoisotopic (exact) mass is 437 g/mol. The van der Waals surface area contributed by atoms with Crippen LogP contribution in [0.5, 0.6) is 0 Å². The summed E-state index contributed by atoms with van der Waals surface area (Å²) in [6.07, 6.45) is 3.25. The van der Waals surface area contributed by atoms with E-state index in [0.717, 1.165) is 22.2 Å². The Labute approximate surface area is 183 Å². The Balaban J connectivity index is 1.53. The topological polar surface area (TPSA) is 72.7 Å². The van der Waals surface area contributed by atoms with Crippen LogP contribution in [0.1, 0.15) is 16.7 Å². The number of amides is 1. The molecule has 0 unspecified atom stereocenters. The van der Waals surface area contributed by atoms with Crippen LogP contribution < -0.4 is 5.32 Å². The van der Waals surface area contributed by atoms with E-state index in [4.69, 9.17) is 11.6 Å². The van der Waals surface area contributed by atoms with E-state index in [1.54, 1.807) is 12.3 Å². The molecule has 2 heterocycles. The quantitative estimate of drug-likeness (QED) is 0.346. The highest BCUT2D eigenvalue weighted by Gasteiger charge is 2.14. The number of hydrogen-bond acceptors (Lipinski definition) is 5. The molecule has 0 fully saturated rings.